The molecule has 0 saturated carbocycles. The van der Waals surface area contributed by atoms with E-state index in [1.807, 2.05) is 53.2 Å². The molecule has 2 heterocycles. The molecule has 5 nitrogen and oxygen atoms in total. The lowest BCUT2D eigenvalue weighted by Gasteiger charge is -2.06. The summed E-state index contributed by atoms with van der Waals surface area (Å²) in [6.07, 6.45) is 3.62. The molecule has 25 heavy (non-hydrogen) atoms. The Labute approximate surface area is 154 Å². The van der Waals surface area contributed by atoms with Crippen LogP contribution in [0.3, 0.4) is 0 Å². The van der Waals surface area contributed by atoms with E-state index in [-0.39, 0.29) is 11.7 Å². The molecule has 0 saturated heterocycles. The Morgan fingerprint density at radius 2 is 2.00 bits per heavy atom. The Hall–Kier alpha value is -2.38. The third-order valence-corrected chi connectivity index (χ3v) is 5.51. The summed E-state index contributed by atoms with van der Waals surface area (Å²) in [7, 11) is 0. The Morgan fingerprint density at radius 1 is 1.20 bits per heavy atom. The predicted octanol–water partition coefficient (Wildman–Crippen LogP) is 3.54. The number of benzene rings is 1. The molecule has 2 aromatic heterocycles. The zero-order chi connectivity index (χ0) is 17.6. The van der Waals surface area contributed by atoms with Crippen LogP contribution in [0, 0.1) is 0 Å². The lowest BCUT2D eigenvalue weighted by Crippen LogP contribution is -2.18. The molecule has 0 unspecified atom stereocenters. The van der Waals surface area contributed by atoms with E-state index in [1.165, 1.54) is 30.0 Å². The minimum absolute atomic E-state index is 0.0617. The second kappa shape index (κ2) is 8.13. The molecule has 0 atom stereocenters. The van der Waals surface area contributed by atoms with Crippen molar-refractivity contribution in [1.29, 1.82) is 0 Å². The van der Waals surface area contributed by atoms with Crippen LogP contribution >= 0.6 is 23.1 Å². The van der Waals surface area contributed by atoms with Crippen LogP contribution in [0.2, 0.25) is 0 Å². The maximum atomic E-state index is 12.4. The van der Waals surface area contributed by atoms with Crippen LogP contribution < -0.4 is 5.32 Å². The van der Waals surface area contributed by atoms with Gasteiger partial charge in [0.25, 0.3) is 0 Å². The number of Topliss-reactive ketones (excluding diaryl/α,β-unsaturated/α-hetero) is 1. The van der Waals surface area contributed by atoms with Crippen molar-refractivity contribution in [1.82, 2.24) is 14.9 Å². The van der Waals surface area contributed by atoms with Crippen molar-refractivity contribution >= 4 is 34.8 Å². The number of aromatic nitrogens is 2. The van der Waals surface area contributed by atoms with E-state index in [0.717, 1.165) is 15.7 Å². The topological polar surface area (TPSA) is 64.0 Å². The number of hydrogen-bond acceptors (Lipinski definition) is 5. The van der Waals surface area contributed by atoms with Crippen LogP contribution in [0.25, 0.3) is 5.69 Å². The smallest absolute Gasteiger partial charge is 0.217 e. The average molecular weight is 371 g/mol. The fourth-order valence-corrected chi connectivity index (χ4v) is 4.05. The van der Waals surface area contributed by atoms with E-state index in [9.17, 15) is 9.59 Å². The summed E-state index contributed by atoms with van der Waals surface area (Å²) in [6, 6.07) is 13.6. The van der Waals surface area contributed by atoms with Gasteiger partial charge < -0.3 is 5.32 Å². The van der Waals surface area contributed by atoms with E-state index in [4.69, 9.17) is 0 Å². The Balaban J connectivity index is 1.62. The number of hydrogen-bond donors (Lipinski definition) is 1. The van der Waals surface area contributed by atoms with E-state index >= 15 is 0 Å². The first-order chi connectivity index (χ1) is 12.1. The molecule has 3 aromatic rings. The highest BCUT2D eigenvalue weighted by Gasteiger charge is 2.13. The number of para-hydroxylation sites is 1. The average Bonchev–Trinajstić information content (AvgIpc) is 3.28. The van der Waals surface area contributed by atoms with E-state index < -0.39 is 0 Å². The Bertz CT molecular complexity index is 871. The van der Waals surface area contributed by atoms with Crippen molar-refractivity contribution in [2.45, 2.75) is 18.6 Å². The van der Waals surface area contributed by atoms with Crippen LogP contribution in [-0.2, 0) is 11.3 Å². The molecule has 1 N–H and O–H groups in total. The van der Waals surface area contributed by atoms with Crippen molar-refractivity contribution in [3.63, 3.8) is 0 Å². The van der Waals surface area contributed by atoms with Gasteiger partial charge in [0.15, 0.2) is 10.9 Å². The summed E-state index contributed by atoms with van der Waals surface area (Å²) in [5, 5.41) is 3.52. The second-order valence-corrected chi connectivity index (χ2v) is 7.41. The Kier molecular flexibility index (Phi) is 5.67. The molecule has 1 aromatic carbocycles. The fraction of sp³-hybridized carbons (Fsp3) is 0.167. The third-order valence-electron chi connectivity index (χ3n) is 3.42. The van der Waals surface area contributed by atoms with Gasteiger partial charge in [-0.05, 0) is 24.3 Å². The second-order valence-electron chi connectivity index (χ2n) is 5.30. The maximum Gasteiger partial charge on any atom is 0.217 e. The van der Waals surface area contributed by atoms with Gasteiger partial charge in [-0.1, -0.05) is 30.0 Å². The van der Waals surface area contributed by atoms with Gasteiger partial charge in [0, 0.05) is 29.9 Å². The number of carbonyl (C=O) groups is 2. The van der Waals surface area contributed by atoms with Crippen molar-refractivity contribution in [2.24, 2.45) is 0 Å². The van der Waals surface area contributed by atoms with Gasteiger partial charge in [0.1, 0.15) is 0 Å². The molecule has 1 amide bonds. The van der Waals surface area contributed by atoms with Crippen molar-refractivity contribution in [2.75, 3.05) is 5.75 Å². The number of thioether (sulfide) groups is 1. The summed E-state index contributed by atoms with van der Waals surface area (Å²) >= 11 is 2.83. The number of ketones is 1. The number of nitrogens with zero attached hydrogens (tertiary/aromatic N) is 2. The quantitative estimate of drug-likeness (QED) is 0.510. The van der Waals surface area contributed by atoms with Crippen LogP contribution in [-0.4, -0.2) is 27.0 Å². The highest BCUT2D eigenvalue weighted by Crippen LogP contribution is 2.23. The highest BCUT2D eigenvalue weighted by molar-refractivity contribution is 7.99. The molecule has 0 bridgehead atoms. The first-order valence-electron chi connectivity index (χ1n) is 7.71. The zero-order valence-electron chi connectivity index (χ0n) is 13.6. The first kappa shape index (κ1) is 17.4. The number of thiophene rings is 1. The van der Waals surface area contributed by atoms with Gasteiger partial charge in [0.2, 0.25) is 5.91 Å². The lowest BCUT2D eigenvalue weighted by molar-refractivity contribution is -0.119. The highest BCUT2D eigenvalue weighted by atomic mass is 32.2. The minimum Gasteiger partial charge on any atom is -0.351 e. The summed E-state index contributed by atoms with van der Waals surface area (Å²) in [5.41, 5.74) is 1.02. The SMILES string of the molecule is CC(=O)NCc1ccc(C(=O)CSc2nccn2-c2ccccc2)s1. The first-order valence-corrected chi connectivity index (χ1v) is 9.51. The standard InChI is InChI=1S/C18H17N3O2S2/c1-13(22)20-11-15-7-8-17(25-15)16(23)12-24-18-19-9-10-21(18)14-5-3-2-4-6-14/h2-10H,11-12H2,1H3,(H,20,22). The minimum atomic E-state index is -0.0791. The van der Waals surface area contributed by atoms with Crippen molar-refractivity contribution in [3.05, 3.63) is 64.6 Å². The molecule has 128 valence electrons. The van der Waals surface area contributed by atoms with Gasteiger partial charge in [-0.3, -0.25) is 14.2 Å². The Morgan fingerprint density at radius 3 is 2.76 bits per heavy atom. The molecular formula is C18H17N3O2S2. The normalized spacial score (nSPS) is 10.6. The summed E-state index contributed by atoms with van der Waals surface area (Å²) in [6.45, 7) is 1.93. The molecule has 0 aliphatic rings. The van der Waals surface area contributed by atoms with Crippen molar-refractivity contribution < 1.29 is 9.59 Å². The molecular weight excluding hydrogens is 354 g/mol. The van der Waals surface area contributed by atoms with E-state index in [2.05, 4.69) is 10.3 Å². The molecule has 0 fully saturated rings. The summed E-state index contributed by atoms with van der Waals surface area (Å²) < 4.78 is 1.97. The lowest BCUT2D eigenvalue weighted by atomic mass is 10.3. The molecule has 0 aliphatic carbocycles. The van der Waals surface area contributed by atoms with Crippen LogP contribution in [0.15, 0.2) is 60.0 Å². The van der Waals surface area contributed by atoms with E-state index in [0.29, 0.717) is 17.2 Å². The number of amides is 1. The van der Waals surface area contributed by atoms with Gasteiger partial charge in [-0.25, -0.2) is 4.98 Å². The summed E-state index contributed by atoms with van der Waals surface area (Å²) in [4.78, 5) is 29.4. The third kappa shape index (κ3) is 4.58. The van der Waals surface area contributed by atoms with Crippen molar-refractivity contribution in [3.8, 4) is 5.69 Å². The van der Waals surface area contributed by atoms with Crippen LogP contribution in [0.5, 0.6) is 0 Å². The number of imidazole rings is 1. The van der Waals surface area contributed by atoms with Gasteiger partial charge in [0.05, 0.1) is 17.2 Å². The van der Waals surface area contributed by atoms with Gasteiger partial charge >= 0.3 is 0 Å². The monoisotopic (exact) mass is 371 g/mol. The molecule has 7 heteroatoms. The summed E-state index contributed by atoms with van der Waals surface area (Å²) in [5.74, 6) is 0.306. The number of rotatable bonds is 7. The molecule has 3 rings (SSSR count). The molecule has 0 radical (unpaired) electrons. The van der Waals surface area contributed by atoms with Gasteiger partial charge in [-0.2, -0.15) is 0 Å². The van der Waals surface area contributed by atoms with Crippen LogP contribution in [0.4, 0.5) is 0 Å². The zero-order valence-corrected chi connectivity index (χ0v) is 15.3. The predicted molar refractivity (Wildman–Crippen MR) is 100 cm³/mol. The molecule has 0 aliphatic heterocycles. The van der Waals surface area contributed by atoms with Gasteiger partial charge in [-0.15, -0.1) is 11.3 Å². The molecule has 0 spiro atoms. The largest absolute Gasteiger partial charge is 0.351 e. The van der Waals surface area contributed by atoms with E-state index in [1.54, 1.807) is 6.20 Å². The fourth-order valence-electron chi connectivity index (χ4n) is 2.22. The number of carbonyl (C=O) groups excluding carboxylic acids is 2. The number of nitrogens with one attached hydrogen (secondary N) is 1. The maximum absolute atomic E-state index is 12.4. The van der Waals surface area contributed by atoms with Crippen LogP contribution in [0.1, 0.15) is 21.5 Å².